The van der Waals surface area contributed by atoms with Crippen LogP contribution < -0.4 is 14.8 Å². The molecule has 2 amide bonds. The maximum absolute atomic E-state index is 13.5. The van der Waals surface area contributed by atoms with E-state index in [-0.39, 0.29) is 29.2 Å². The molecule has 0 saturated carbocycles. The molecule has 1 atom stereocenters. The SMILES string of the molecule is O=C1NCCCOc2ccc(cc2)C2c3ccc(cc3CCN2C(=O)c2cscn2)Oc2ccc(O)c1c2. The summed E-state index contributed by atoms with van der Waals surface area (Å²) in [5.41, 5.74) is 5.33. The van der Waals surface area contributed by atoms with E-state index in [0.717, 1.165) is 16.7 Å². The van der Waals surface area contributed by atoms with Crippen molar-refractivity contribution in [2.75, 3.05) is 19.7 Å². The first-order valence-corrected chi connectivity index (χ1v) is 13.3. The van der Waals surface area contributed by atoms with E-state index in [1.807, 2.05) is 47.4 Å². The summed E-state index contributed by atoms with van der Waals surface area (Å²) in [6.45, 7) is 1.33. The second-order valence-corrected chi connectivity index (χ2v) is 9.91. The number of rotatable bonds is 1. The highest BCUT2D eigenvalue weighted by atomic mass is 32.1. The number of carbonyl (C=O) groups is 2. The van der Waals surface area contributed by atoms with Gasteiger partial charge in [0.2, 0.25) is 0 Å². The Morgan fingerprint density at radius 2 is 1.84 bits per heavy atom. The number of carbonyl (C=O) groups excluding carboxylic acids is 2. The lowest BCUT2D eigenvalue weighted by Crippen LogP contribution is -2.40. The van der Waals surface area contributed by atoms with Crippen molar-refractivity contribution in [3.05, 3.63) is 99.5 Å². The number of phenols is 1. The highest BCUT2D eigenvalue weighted by molar-refractivity contribution is 7.07. The third kappa shape index (κ3) is 4.68. The van der Waals surface area contributed by atoms with E-state index in [9.17, 15) is 14.7 Å². The maximum atomic E-state index is 13.5. The summed E-state index contributed by atoms with van der Waals surface area (Å²) in [7, 11) is 0. The zero-order valence-electron chi connectivity index (χ0n) is 20.4. The van der Waals surface area contributed by atoms with Gasteiger partial charge in [0.05, 0.1) is 23.7 Å². The van der Waals surface area contributed by atoms with Gasteiger partial charge in [0.1, 0.15) is 28.7 Å². The molecular formula is C29H25N3O5S. The topological polar surface area (TPSA) is 101 Å². The predicted molar refractivity (Wildman–Crippen MR) is 142 cm³/mol. The molecule has 0 saturated heterocycles. The second kappa shape index (κ2) is 10.2. The molecule has 8 nitrogen and oxygen atoms in total. The third-order valence-electron chi connectivity index (χ3n) is 6.77. The first kappa shape index (κ1) is 24.0. The molecule has 38 heavy (non-hydrogen) atoms. The van der Waals surface area contributed by atoms with Gasteiger partial charge in [0.25, 0.3) is 11.8 Å². The summed E-state index contributed by atoms with van der Waals surface area (Å²) >= 11 is 1.40. The number of hydrogen-bond acceptors (Lipinski definition) is 7. The average Bonchev–Trinajstić information content (AvgIpc) is 3.48. The summed E-state index contributed by atoms with van der Waals surface area (Å²) < 4.78 is 12.0. The quantitative estimate of drug-likeness (QED) is 0.364. The van der Waals surface area contributed by atoms with E-state index in [0.29, 0.717) is 55.5 Å². The van der Waals surface area contributed by atoms with Crippen LogP contribution in [0.2, 0.25) is 0 Å². The van der Waals surface area contributed by atoms with Crippen LogP contribution in [0.1, 0.15) is 50.0 Å². The molecule has 5 heterocycles. The highest BCUT2D eigenvalue weighted by Crippen LogP contribution is 2.39. The molecule has 4 aliphatic rings. The van der Waals surface area contributed by atoms with E-state index in [1.54, 1.807) is 17.0 Å². The van der Waals surface area contributed by atoms with E-state index >= 15 is 0 Å². The highest BCUT2D eigenvalue weighted by Gasteiger charge is 2.33. The molecule has 4 aliphatic heterocycles. The molecule has 9 heteroatoms. The fourth-order valence-corrected chi connectivity index (χ4v) is 5.44. The molecule has 1 unspecified atom stereocenters. The third-order valence-corrected chi connectivity index (χ3v) is 7.36. The van der Waals surface area contributed by atoms with Gasteiger partial charge in [0, 0.05) is 18.5 Å². The van der Waals surface area contributed by atoms with Crippen molar-refractivity contribution >= 4 is 23.2 Å². The molecule has 0 aliphatic carbocycles. The normalized spacial score (nSPS) is 17.0. The Kier molecular flexibility index (Phi) is 6.43. The van der Waals surface area contributed by atoms with E-state index in [1.165, 1.54) is 23.5 Å². The molecule has 192 valence electrons. The Hall–Kier alpha value is -4.37. The molecule has 4 aromatic rings. The number of fused-ring (bicyclic) bond motifs is 1. The largest absolute Gasteiger partial charge is 0.507 e. The molecular weight excluding hydrogens is 502 g/mol. The lowest BCUT2D eigenvalue weighted by atomic mass is 9.87. The average molecular weight is 528 g/mol. The molecule has 0 fully saturated rings. The maximum Gasteiger partial charge on any atom is 0.274 e. The minimum absolute atomic E-state index is 0.102. The van der Waals surface area contributed by atoms with Crippen molar-refractivity contribution in [1.29, 1.82) is 0 Å². The smallest absolute Gasteiger partial charge is 0.274 e. The fraction of sp³-hybridized carbons (Fsp3) is 0.207. The van der Waals surface area contributed by atoms with Crippen LogP contribution >= 0.6 is 11.3 Å². The van der Waals surface area contributed by atoms with Crippen LogP contribution in [0.4, 0.5) is 0 Å². The Morgan fingerprint density at radius 1 is 1.05 bits per heavy atom. The number of benzene rings is 3. The Morgan fingerprint density at radius 3 is 2.66 bits per heavy atom. The minimum atomic E-state index is -0.381. The summed E-state index contributed by atoms with van der Waals surface area (Å²) in [5, 5.41) is 14.8. The number of phenolic OH excluding ortho intramolecular Hbond substituents is 1. The van der Waals surface area contributed by atoms with Crippen LogP contribution in [-0.2, 0) is 6.42 Å². The monoisotopic (exact) mass is 527 g/mol. The fourth-order valence-electron chi connectivity index (χ4n) is 4.91. The minimum Gasteiger partial charge on any atom is -0.507 e. The van der Waals surface area contributed by atoms with Crippen LogP contribution in [0.15, 0.2) is 71.6 Å². The summed E-state index contributed by atoms with van der Waals surface area (Å²) in [4.78, 5) is 32.3. The van der Waals surface area contributed by atoms with Crippen LogP contribution in [0.3, 0.4) is 0 Å². The number of hydrogen-bond donors (Lipinski definition) is 2. The standard InChI is InChI=1S/C29H25N3O5S/c33-26-9-7-22-15-24(26)28(34)30-11-1-13-36-20-4-2-18(3-5-20)27-23-8-6-21(37-22)14-19(23)10-12-32(27)29(35)25-16-38-17-31-25/h2-9,14-17,27,33H,1,10-13H2,(H,30,34). The Bertz CT molecular complexity index is 1490. The number of nitrogens with one attached hydrogen (secondary N) is 1. The molecule has 3 aromatic carbocycles. The number of amides is 2. The summed E-state index contributed by atoms with van der Waals surface area (Å²) in [6, 6.07) is 17.9. The number of nitrogens with zero attached hydrogens (tertiary/aromatic N) is 2. The van der Waals surface area contributed by atoms with Crippen molar-refractivity contribution < 1.29 is 24.2 Å². The lowest BCUT2D eigenvalue weighted by Gasteiger charge is -2.37. The number of thiazole rings is 1. The van der Waals surface area contributed by atoms with Gasteiger partial charge in [-0.3, -0.25) is 9.59 Å². The van der Waals surface area contributed by atoms with Crippen molar-refractivity contribution in [3.63, 3.8) is 0 Å². The van der Waals surface area contributed by atoms with E-state index in [2.05, 4.69) is 10.3 Å². The Labute approximate surface area is 223 Å². The molecule has 0 spiro atoms. The second-order valence-electron chi connectivity index (χ2n) is 9.19. The van der Waals surface area contributed by atoms with Gasteiger partial charge < -0.3 is 24.8 Å². The number of aromatic nitrogens is 1. The van der Waals surface area contributed by atoms with Crippen molar-refractivity contribution in [2.24, 2.45) is 0 Å². The van der Waals surface area contributed by atoms with Gasteiger partial charge in [-0.1, -0.05) is 18.2 Å². The van der Waals surface area contributed by atoms with Gasteiger partial charge in [0.15, 0.2) is 0 Å². The van der Waals surface area contributed by atoms with Gasteiger partial charge >= 0.3 is 0 Å². The number of ether oxygens (including phenoxy) is 2. The van der Waals surface area contributed by atoms with E-state index < -0.39 is 0 Å². The summed E-state index contributed by atoms with van der Waals surface area (Å²) in [6.07, 6.45) is 1.25. The Balaban J connectivity index is 1.42. The van der Waals surface area contributed by atoms with Crippen LogP contribution in [-0.4, -0.2) is 46.5 Å². The predicted octanol–water partition coefficient (Wildman–Crippen LogP) is 4.94. The van der Waals surface area contributed by atoms with Crippen molar-refractivity contribution in [1.82, 2.24) is 15.2 Å². The van der Waals surface area contributed by atoms with Gasteiger partial charge in [-0.15, -0.1) is 11.3 Å². The van der Waals surface area contributed by atoms with Crippen molar-refractivity contribution in [3.8, 4) is 23.0 Å². The van der Waals surface area contributed by atoms with Crippen LogP contribution in [0.25, 0.3) is 0 Å². The van der Waals surface area contributed by atoms with Gasteiger partial charge in [-0.05, 0) is 72.0 Å². The van der Waals surface area contributed by atoms with Gasteiger partial charge in [-0.2, -0.15) is 0 Å². The zero-order chi connectivity index (χ0) is 26.1. The summed E-state index contributed by atoms with van der Waals surface area (Å²) in [5.74, 6) is 1.16. The first-order chi connectivity index (χ1) is 18.6. The van der Waals surface area contributed by atoms with Crippen molar-refractivity contribution in [2.45, 2.75) is 18.9 Å². The van der Waals surface area contributed by atoms with Gasteiger partial charge in [-0.25, -0.2) is 4.98 Å². The molecule has 2 N–H and O–H groups in total. The number of aromatic hydroxyl groups is 1. The first-order valence-electron chi connectivity index (χ1n) is 12.4. The molecule has 8 rings (SSSR count). The van der Waals surface area contributed by atoms with Crippen LogP contribution in [0.5, 0.6) is 23.0 Å². The molecule has 8 bridgehead atoms. The molecule has 0 radical (unpaired) electrons. The zero-order valence-corrected chi connectivity index (χ0v) is 21.2. The molecule has 1 aromatic heterocycles. The lowest BCUT2D eigenvalue weighted by molar-refractivity contribution is 0.0689. The van der Waals surface area contributed by atoms with E-state index in [4.69, 9.17) is 9.47 Å². The van der Waals surface area contributed by atoms with Crippen LogP contribution in [0, 0.1) is 0 Å².